The van der Waals surface area contributed by atoms with E-state index in [4.69, 9.17) is 17.4 Å². The number of hydrogen-bond donors (Lipinski definition) is 3. The molecule has 0 saturated heterocycles. The topological polar surface area (TPSA) is 84.2 Å². The molecule has 0 aliphatic carbocycles. The molecule has 1 aliphatic heterocycles. The summed E-state index contributed by atoms with van der Waals surface area (Å²) in [5, 5.41) is 11.8. The lowest BCUT2D eigenvalue weighted by Crippen LogP contribution is -2.33. The smallest absolute Gasteiger partial charge is 0.238 e. The van der Waals surface area contributed by atoms with Gasteiger partial charge in [-0.2, -0.15) is 0 Å². The van der Waals surface area contributed by atoms with E-state index in [1.165, 1.54) is 22.6 Å². The van der Waals surface area contributed by atoms with E-state index in [0.29, 0.717) is 10.8 Å². The molecule has 3 rings (SSSR count). The van der Waals surface area contributed by atoms with E-state index in [2.05, 4.69) is 50.5 Å². The second-order valence-electron chi connectivity index (χ2n) is 8.28. The lowest BCUT2D eigenvalue weighted by atomic mass is 9.77. The number of thiocarbonyl (C=S) groups is 1. The Morgan fingerprint density at radius 2 is 1.61 bits per heavy atom. The summed E-state index contributed by atoms with van der Waals surface area (Å²) in [7, 11) is -3.70. The summed E-state index contributed by atoms with van der Waals surface area (Å²) in [6, 6.07) is 12.5. The Kier molecular flexibility index (Phi) is 5.53. The molecular formula is C20H25N3O2S3. The number of fused-ring (bicyclic) bond motifs is 1. The van der Waals surface area contributed by atoms with E-state index in [-0.39, 0.29) is 15.1 Å². The average Bonchev–Trinajstić information content (AvgIpc) is 2.53. The van der Waals surface area contributed by atoms with Gasteiger partial charge in [0.1, 0.15) is 0 Å². The number of rotatable bonds is 3. The molecule has 0 bridgehead atoms. The zero-order valence-electron chi connectivity index (χ0n) is 16.4. The van der Waals surface area contributed by atoms with Gasteiger partial charge in [0.05, 0.1) is 4.90 Å². The molecule has 0 radical (unpaired) electrons. The zero-order chi connectivity index (χ0) is 20.7. The molecule has 0 unspecified atom stereocenters. The highest BCUT2D eigenvalue weighted by Gasteiger charge is 2.38. The van der Waals surface area contributed by atoms with Crippen LogP contribution in [0, 0.1) is 0 Å². The van der Waals surface area contributed by atoms with Gasteiger partial charge in [-0.05, 0) is 72.1 Å². The van der Waals surface area contributed by atoms with Crippen LogP contribution in [-0.4, -0.2) is 18.3 Å². The molecule has 2 aromatic rings. The molecule has 0 saturated carbocycles. The summed E-state index contributed by atoms with van der Waals surface area (Å²) in [5.41, 5.74) is 3.01. The van der Waals surface area contributed by atoms with Crippen LogP contribution in [0.25, 0.3) is 0 Å². The van der Waals surface area contributed by atoms with Crippen LogP contribution in [0.4, 0.5) is 11.4 Å². The Hall–Kier alpha value is -1.61. The van der Waals surface area contributed by atoms with Crippen molar-refractivity contribution >= 4 is 50.5 Å². The van der Waals surface area contributed by atoms with Crippen molar-refractivity contribution < 1.29 is 8.42 Å². The second-order valence-corrected chi connectivity index (χ2v) is 12.0. The molecule has 5 nitrogen and oxygen atoms in total. The largest absolute Gasteiger partial charge is 0.332 e. The first-order valence-corrected chi connectivity index (χ1v) is 11.7. The fraction of sp³-hybridized carbons (Fsp3) is 0.350. The summed E-state index contributed by atoms with van der Waals surface area (Å²) in [5.74, 6) is 0. The maximum Gasteiger partial charge on any atom is 0.238 e. The number of nitrogens with two attached hydrogens (primary N) is 1. The van der Waals surface area contributed by atoms with Crippen molar-refractivity contribution in [2.45, 2.75) is 54.1 Å². The van der Waals surface area contributed by atoms with Crippen LogP contribution in [-0.2, 0) is 15.4 Å². The van der Waals surface area contributed by atoms with Crippen molar-refractivity contribution in [3.63, 3.8) is 0 Å². The van der Waals surface area contributed by atoms with Crippen LogP contribution in [0.2, 0.25) is 0 Å². The molecular weight excluding hydrogens is 410 g/mol. The van der Waals surface area contributed by atoms with Crippen molar-refractivity contribution in [2.75, 3.05) is 10.6 Å². The van der Waals surface area contributed by atoms with Crippen LogP contribution in [0.3, 0.4) is 0 Å². The van der Waals surface area contributed by atoms with Gasteiger partial charge in [-0.15, -0.1) is 11.8 Å². The van der Waals surface area contributed by atoms with Gasteiger partial charge < -0.3 is 10.6 Å². The summed E-state index contributed by atoms with van der Waals surface area (Å²) < 4.78 is 22.9. The van der Waals surface area contributed by atoms with Gasteiger partial charge in [0.2, 0.25) is 10.0 Å². The van der Waals surface area contributed by atoms with E-state index >= 15 is 0 Å². The van der Waals surface area contributed by atoms with Crippen molar-refractivity contribution in [2.24, 2.45) is 5.14 Å². The normalized spacial score (nSPS) is 17.5. The predicted octanol–water partition coefficient (Wildman–Crippen LogP) is 4.69. The van der Waals surface area contributed by atoms with Crippen molar-refractivity contribution in [3.05, 3.63) is 48.0 Å². The minimum absolute atomic E-state index is 0.0641. The van der Waals surface area contributed by atoms with Crippen molar-refractivity contribution in [1.29, 1.82) is 0 Å². The first-order chi connectivity index (χ1) is 12.9. The van der Waals surface area contributed by atoms with Gasteiger partial charge in [0.25, 0.3) is 0 Å². The van der Waals surface area contributed by atoms with Crippen LogP contribution < -0.4 is 15.8 Å². The van der Waals surface area contributed by atoms with Gasteiger partial charge >= 0.3 is 0 Å². The van der Waals surface area contributed by atoms with E-state index in [9.17, 15) is 8.42 Å². The van der Waals surface area contributed by atoms with Gasteiger partial charge in [0.15, 0.2) is 5.11 Å². The van der Waals surface area contributed by atoms with Crippen molar-refractivity contribution in [1.82, 2.24) is 0 Å². The van der Waals surface area contributed by atoms with E-state index in [0.717, 1.165) is 12.1 Å². The predicted molar refractivity (Wildman–Crippen MR) is 122 cm³/mol. The molecule has 0 atom stereocenters. The van der Waals surface area contributed by atoms with Gasteiger partial charge in [-0.25, -0.2) is 13.6 Å². The van der Waals surface area contributed by atoms with Gasteiger partial charge in [0, 0.05) is 21.0 Å². The maximum absolute atomic E-state index is 11.3. The number of thioether (sulfide) groups is 1. The standard InChI is InChI=1S/C20H25N3O2S3/c1-19(2)12-20(3,4)27-17-10-7-14(11-16(17)19)23-18(26)22-13-5-8-15(9-6-13)28(21,24)25/h5-11H,12H2,1-4H3,(H2,21,24,25)(H2,22,23,26). The average molecular weight is 436 g/mol. The fourth-order valence-corrected chi connectivity index (χ4v) is 6.10. The number of anilines is 2. The van der Waals surface area contributed by atoms with Crippen LogP contribution in [0.15, 0.2) is 52.3 Å². The Bertz CT molecular complexity index is 1010. The molecule has 2 aromatic carbocycles. The number of hydrogen-bond acceptors (Lipinski definition) is 4. The van der Waals surface area contributed by atoms with Crippen LogP contribution >= 0.6 is 24.0 Å². The molecule has 150 valence electrons. The fourth-order valence-electron chi connectivity index (χ4n) is 3.74. The first-order valence-electron chi connectivity index (χ1n) is 8.90. The van der Waals surface area contributed by atoms with Gasteiger partial charge in [-0.1, -0.05) is 27.7 Å². The van der Waals surface area contributed by atoms with E-state index in [1.54, 1.807) is 12.1 Å². The molecule has 1 aliphatic rings. The number of sulfonamides is 1. The summed E-state index contributed by atoms with van der Waals surface area (Å²) in [6.45, 7) is 9.13. The molecule has 8 heteroatoms. The highest BCUT2D eigenvalue weighted by atomic mass is 32.2. The molecule has 1 heterocycles. The third kappa shape index (κ3) is 4.86. The van der Waals surface area contributed by atoms with Crippen LogP contribution in [0.5, 0.6) is 0 Å². The summed E-state index contributed by atoms with van der Waals surface area (Å²) in [4.78, 5) is 1.37. The lowest BCUT2D eigenvalue weighted by molar-refractivity contribution is 0.408. The lowest BCUT2D eigenvalue weighted by Gasteiger charge is -2.41. The van der Waals surface area contributed by atoms with E-state index in [1.807, 2.05) is 17.8 Å². The number of benzene rings is 2. The monoisotopic (exact) mass is 435 g/mol. The second kappa shape index (κ2) is 7.33. The maximum atomic E-state index is 11.3. The molecule has 0 spiro atoms. The Labute approximate surface area is 176 Å². The Morgan fingerprint density at radius 3 is 2.21 bits per heavy atom. The molecule has 28 heavy (non-hydrogen) atoms. The third-order valence-corrected chi connectivity index (χ3v) is 7.07. The number of nitrogens with one attached hydrogen (secondary N) is 2. The summed E-state index contributed by atoms with van der Waals surface area (Å²) in [6.07, 6.45) is 1.10. The Morgan fingerprint density at radius 1 is 1.04 bits per heavy atom. The molecule has 4 N–H and O–H groups in total. The number of primary sulfonamides is 1. The van der Waals surface area contributed by atoms with Crippen molar-refractivity contribution in [3.8, 4) is 0 Å². The molecule has 0 fully saturated rings. The first kappa shape index (κ1) is 21.1. The molecule has 0 amide bonds. The zero-order valence-corrected chi connectivity index (χ0v) is 18.8. The van der Waals surface area contributed by atoms with Crippen LogP contribution in [0.1, 0.15) is 39.7 Å². The third-order valence-electron chi connectivity index (χ3n) is 4.66. The van der Waals surface area contributed by atoms with E-state index < -0.39 is 10.0 Å². The Balaban J connectivity index is 1.73. The minimum atomic E-state index is -3.70. The van der Waals surface area contributed by atoms with Gasteiger partial charge in [-0.3, -0.25) is 0 Å². The summed E-state index contributed by atoms with van der Waals surface area (Å²) >= 11 is 7.32. The highest BCUT2D eigenvalue weighted by molar-refractivity contribution is 8.00. The molecule has 0 aromatic heterocycles. The quantitative estimate of drug-likeness (QED) is 0.606. The minimum Gasteiger partial charge on any atom is -0.332 e. The highest BCUT2D eigenvalue weighted by Crippen LogP contribution is 2.51. The SMILES string of the molecule is CC1(C)CC(C)(C)c2cc(NC(=S)Nc3ccc(S(N)(=O)=O)cc3)ccc2S1.